The Kier molecular flexibility index (Phi) is 4.79. The number of benzene rings is 1. The number of halogens is 2. The van der Waals surface area contributed by atoms with Crippen molar-refractivity contribution in [2.75, 3.05) is 11.4 Å². The van der Waals surface area contributed by atoms with Crippen LogP contribution in [0.25, 0.3) is 0 Å². The van der Waals surface area contributed by atoms with Crippen LogP contribution in [-0.2, 0) is 15.9 Å². The second-order valence-electron chi connectivity index (χ2n) is 4.30. The van der Waals surface area contributed by atoms with Gasteiger partial charge in [0, 0.05) is 11.9 Å². The van der Waals surface area contributed by atoms with Crippen molar-refractivity contribution in [2.45, 2.75) is 17.7 Å². The van der Waals surface area contributed by atoms with E-state index in [1.807, 2.05) is 25.1 Å². The molecule has 0 amide bonds. The molecule has 0 saturated heterocycles. The fourth-order valence-electron chi connectivity index (χ4n) is 1.75. The summed E-state index contributed by atoms with van der Waals surface area (Å²) in [5.41, 5.74) is 1.64. The molecule has 0 saturated carbocycles. The van der Waals surface area contributed by atoms with Crippen LogP contribution in [0.1, 0.15) is 10.4 Å². The lowest BCUT2D eigenvalue weighted by molar-refractivity contribution is 0.594. The molecule has 0 aliphatic rings. The van der Waals surface area contributed by atoms with E-state index in [1.54, 1.807) is 19.2 Å². The minimum Gasteiger partial charge on any atom is -0.269 e. The fourth-order valence-corrected chi connectivity index (χ4v) is 5.66. The van der Waals surface area contributed by atoms with Gasteiger partial charge in [0.25, 0.3) is 10.0 Å². The van der Waals surface area contributed by atoms with Gasteiger partial charge in [0.2, 0.25) is 0 Å². The molecule has 1 aromatic heterocycles. The van der Waals surface area contributed by atoms with Crippen LogP contribution in [0.5, 0.6) is 0 Å². The molecule has 0 bridgehead atoms. The van der Waals surface area contributed by atoms with Gasteiger partial charge in [0.05, 0.1) is 15.4 Å². The average Bonchev–Trinajstić information content (AvgIpc) is 2.80. The minimum atomic E-state index is -3.59. The van der Waals surface area contributed by atoms with E-state index in [0.29, 0.717) is 15.4 Å². The minimum absolute atomic E-state index is 0.252. The predicted molar refractivity (Wildman–Crippen MR) is 88.3 cm³/mol. The lowest BCUT2D eigenvalue weighted by Crippen LogP contribution is -2.26. The zero-order valence-corrected chi connectivity index (χ0v) is 14.9. The highest BCUT2D eigenvalue weighted by Gasteiger charge is 2.26. The molecule has 0 unspecified atom stereocenters. The van der Waals surface area contributed by atoms with Gasteiger partial charge >= 0.3 is 0 Å². The summed E-state index contributed by atoms with van der Waals surface area (Å²) in [6.07, 6.45) is 0. The molecule has 3 nitrogen and oxygen atoms in total. The van der Waals surface area contributed by atoms with Gasteiger partial charge in [-0.3, -0.25) is 4.31 Å². The van der Waals surface area contributed by atoms with Gasteiger partial charge in [-0.05, 0) is 46.6 Å². The smallest absolute Gasteiger partial charge is 0.266 e. The second-order valence-corrected chi connectivity index (χ2v) is 8.96. The van der Waals surface area contributed by atoms with E-state index in [0.717, 1.165) is 10.4 Å². The average molecular weight is 395 g/mol. The normalized spacial score (nSPS) is 11.6. The molecule has 0 aliphatic carbocycles. The molecule has 1 aromatic carbocycles. The first-order valence-corrected chi connectivity index (χ1v) is 9.34. The van der Waals surface area contributed by atoms with Crippen LogP contribution in [-0.4, -0.2) is 15.5 Å². The molecule has 0 aliphatic heterocycles. The summed E-state index contributed by atoms with van der Waals surface area (Å²) in [7, 11) is -2.04. The quantitative estimate of drug-likeness (QED) is 0.722. The Balaban J connectivity index is 2.46. The van der Waals surface area contributed by atoms with Crippen LogP contribution < -0.4 is 4.31 Å². The van der Waals surface area contributed by atoms with Crippen molar-refractivity contribution in [3.8, 4) is 0 Å². The van der Waals surface area contributed by atoms with Crippen LogP contribution >= 0.6 is 38.9 Å². The molecule has 108 valence electrons. The lowest BCUT2D eigenvalue weighted by atomic mass is 10.2. The maximum atomic E-state index is 12.7. The number of sulfonamides is 1. The molecule has 0 radical (unpaired) electrons. The summed E-state index contributed by atoms with van der Waals surface area (Å²) in [4.78, 5) is 1.07. The van der Waals surface area contributed by atoms with Gasteiger partial charge < -0.3 is 0 Å². The van der Waals surface area contributed by atoms with Gasteiger partial charge in [0.15, 0.2) is 0 Å². The summed E-state index contributed by atoms with van der Waals surface area (Å²) in [6, 6.07) is 8.98. The summed E-state index contributed by atoms with van der Waals surface area (Å²) >= 11 is 10.4. The van der Waals surface area contributed by atoms with E-state index < -0.39 is 10.0 Å². The summed E-state index contributed by atoms with van der Waals surface area (Å²) in [6.45, 7) is 1.93. The molecule has 7 heteroatoms. The lowest BCUT2D eigenvalue weighted by Gasteiger charge is -2.19. The van der Waals surface area contributed by atoms with E-state index in [2.05, 4.69) is 15.9 Å². The van der Waals surface area contributed by atoms with Crippen LogP contribution in [0.4, 0.5) is 5.69 Å². The maximum Gasteiger partial charge on any atom is 0.266 e. The van der Waals surface area contributed by atoms with E-state index in [1.165, 1.54) is 15.6 Å². The SMILES string of the molecule is Cc1cccc(N(C)S(=O)(=O)c2cc(CCl)sc2Br)c1. The summed E-state index contributed by atoms with van der Waals surface area (Å²) in [5, 5.41) is 0. The molecule has 0 N–H and O–H groups in total. The number of nitrogens with zero attached hydrogens (tertiary/aromatic N) is 1. The topological polar surface area (TPSA) is 37.4 Å². The first-order chi connectivity index (χ1) is 9.36. The Hall–Kier alpha value is -0.560. The van der Waals surface area contributed by atoms with E-state index in [4.69, 9.17) is 11.6 Å². The van der Waals surface area contributed by atoms with E-state index in [9.17, 15) is 8.42 Å². The van der Waals surface area contributed by atoms with Crippen molar-refractivity contribution in [2.24, 2.45) is 0 Å². The molecule has 0 atom stereocenters. The van der Waals surface area contributed by atoms with Gasteiger partial charge in [-0.25, -0.2) is 8.42 Å². The van der Waals surface area contributed by atoms with Crippen molar-refractivity contribution in [3.05, 3.63) is 44.6 Å². The third-order valence-corrected chi connectivity index (χ3v) is 7.33. The predicted octanol–water partition coefficient (Wildman–Crippen LogP) is 4.38. The van der Waals surface area contributed by atoms with Crippen molar-refractivity contribution in [1.29, 1.82) is 0 Å². The largest absolute Gasteiger partial charge is 0.269 e. The first kappa shape index (κ1) is 15.8. The highest BCUT2D eigenvalue weighted by atomic mass is 79.9. The van der Waals surface area contributed by atoms with Crippen molar-refractivity contribution in [3.63, 3.8) is 0 Å². The van der Waals surface area contributed by atoms with E-state index >= 15 is 0 Å². The molecule has 2 rings (SSSR count). The van der Waals surface area contributed by atoms with Gasteiger partial charge in [-0.15, -0.1) is 22.9 Å². The fraction of sp³-hybridized carbons (Fsp3) is 0.231. The molecule has 20 heavy (non-hydrogen) atoms. The standard InChI is InChI=1S/C13H13BrClNO2S2/c1-9-4-3-5-10(6-9)16(2)20(17,18)12-7-11(8-15)19-13(12)14/h3-7H,8H2,1-2H3. The zero-order valence-electron chi connectivity index (χ0n) is 10.9. The highest BCUT2D eigenvalue weighted by Crippen LogP contribution is 2.35. The molecular weight excluding hydrogens is 382 g/mol. The number of hydrogen-bond acceptors (Lipinski definition) is 3. The monoisotopic (exact) mass is 393 g/mol. The second kappa shape index (κ2) is 6.05. The Labute approximate surface area is 136 Å². The van der Waals surface area contributed by atoms with Gasteiger partial charge in [0.1, 0.15) is 4.90 Å². The van der Waals surface area contributed by atoms with Crippen LogP contribution in [0.15, 0.2) is 39.0 Å². The number of thiophene rings is 1. The Morgan fingerprint density at radius 1 is 1.35 bits per heavy atom. The number of hydrogen-bond donors (Lipinski definition) is 0. The van der Waals surface area contributed by atoms with Crippen LogP contribution in [0.3, 0.4) is 0 Å². The molecule has 0 spiro atoms. The Bertz CT molecular complexity index is 728. The van der Waals surface area contributed by atoms with Crippen LogP contribution in [0.2, 0.25) is 0 Å². The Morgan fingerprint density at radius 3 is 2.60 bits per heavy atom. The number of alkyl halides is 1. The van der Waals surface area contributed by atoms with Crippen molar-refractivity contribution in [1.82, 2.24) is 0 Å². The van der Waals surface area contributed by atoms with Crippen molar-refractivity contribution >= 4 is 54.6 Å². The molecule has 2 aromatic rings. The first-order valence-electron chi connectivity index (χ1n) is 5.76. The van der Waals surface area contributed by atoms with Gasteiger partial charge in [-0.2, -0.15) is 0 Å². The molecule has 0 fully saturated rings. The zero-order chi connectivity index (χ0) is 14.9. The number of rotatable bonds is 4. The number of aryl methyl sites for hydroxylation is 1. The highest BCUT2D eigenvalue weighted by molar-refractivity contribution is 9.11. The van der Waals surface area contributed by atoms with Crippen LogP contribution in [0, 0.1) is 6.92 Å². The maximum absolute atomic E-state index is 12.7. The molecular formula is C13H13BrClNO2S2. The van der Waals surface area contributed by atoms with Gasteiger partial charge in [-0.1, -0.05) is 12.1 Å². The summed E-state index contributed by atoms with van der Waals surface area (Å²) in [5.74, 6) is 0.299. The van der Waals surface area contributed by atoms with E-state index in [-0.39, 0.29) is 4.90 Å². The third kappa shape index (κ3) is 3.03. The third-order valence-electron chi connectivity index (χ3n) is 2.84. The van der Waals surface area contributed by atoms with Crippen molar-refractivity contribution < 1.29 is 8.42 Å². The summed E-state index contributed by atoms with van der Waals surface area (Å²) < 4.78 is 27.2. The number of anilines is 1. The molecule has 1 heterocycles. The Morgan fingerprint density at radius 2 is 2.05 bits per heavy atom.